The molecule has 0 radical (unpaired) electrons. The van der Waals surface area contributed by atoms with Crippen LogP contribution in [0.15, 0.2) is 79.0 Å². The first-order valence-electron chi connectivity index (χ1n) is 11.6. The number of carbonyl (C=O) groups excluding carboxylic acids is 2. The number of nitrogens with zero attached hydrogens (tertiary/aromatic N) is 1. The average molecular weight is 441 g/mol. The van der Waals surface area contributed by atoms with E-state index in [4.69, 9.17) is 4.74 Å². The van der Waals surface area contributed by atoms with E-state index in [-0.39, 0.29) is 42.2 Å². The quantitative estimate of drug-likeness (QED) is 0.516. The Morgan fingerprint density at radius 1 is 0.909 bits per heavy atom. The third-order valence-corrected chi connectivity index (χ3v) is 6.72. The van der Waals surface area contributed by atoms with Gasteiger partial charge in [-0.15, -0.1) is 0 Å². The van der Waals surface area contributed by atoms with E-state index < -0.39 is 6.04 Å². The molecule has 1 heterocycles. The maximum absolute atomic E-state index is 13.0. The topological polar surface area (TPSA) is 68.3 Å². The molecule has 0 spiro atoms. The van der Waals surface area contributed by atoms with Crippen molar-refractivity contribution in [1.29, 1.82) is 0 Å². The zero-order chi connectivity index (χ0) is 22.8. The summed E-state index contributed by atoms with van der Waals surface area (Å²) in [4.78, 5) is 30.1. The molecule has 2 aliphatic carbocycles. The molecule has 0 aliphatic heterocycles. The second kappa shape index (κ2) is 9.18. The van der Waals surface area contributed by atoms with E-state index >= 15 is 0 Å². The maximum Gasteiger partial charge on any atom is 0.309 e. The van der Waals surface area contributed by atoms with Gasteiger partial charge >= 0.3 is 5.97 Å². The molecule has 5 nitrogen and oxygen atoms in total. The Bertz CT molecular complexity index is 1110. The van der Waals surface area contributed by atoms with Gasteiger partial charge in [-0.05, 0) is 54.4 Å². The summed E-state index contributed by atoms with van der Waals surface area (Å²) in [5.41, 5.74) is 4.11. The van der Waals surface area contributed by atoms with Crippen molar-refractivity contribution in [1.82, 2.24) is 10.3 Å². The normalized spacial score (nSPS) is 23.9. The van der Waals surface area contributed by atoms with Crippen molar-refractivity contribution in [3.63, 3.8) is 0 Å². The van der Waals surface area contributed by atoms with Crippen LogP contribution < -0.4 is 5.32 Å². The lowest BCUT2D eigenvalue weighted by molar-refractivity contribution is -0.146. The van der Waals surface area contributed by atoms with Crippen molar-refractivity contribution in [2.45, 2.75) is 37.6 Å². The number of benzene rings is 2. The molecule has 2 fully saturated rings. The molecule has 2 aromatic carbocycles. The summed E-state index contributed by atoms with van der Waals surface area (Å²) < 4.78 is 5.70. The van der Waals surface area contributed by atoms with E-state index in [0.29, 0.717) is 0 Å². The molecule has 2 aliphatic rings. The zero-order valence-corrected chi connectivity index (χ0v) is 18.7. The van der Waals surface area contributed by atoms with Crippen LogP contribution in [-0.2, 0) is 14.3 Å². The highest BCUT2D eigenvalue weighted by atomic mass is 16.5. The lowest BCUT2D eigenvalue weighted by Crippen LogP contribution is -2.34. The fraction of sp³-hybridized carbons (Fsp3) is 0.321. The van der Waals surface area contributed by atoms with E-state index in [0.717, 1.165) is 24.1 Å². The predicted octanol–water partition coefficient (Wildman–Crippen LogP) is 4.70. The van der Waals surface area contributed by atoms with Crippen LogP contribution in [0.25, 0.3) is 0 Å². The van der Waals surface area contributed by atoms with Gasteiger partial charge in [0.15, 0.2) is 0 Å². The number of ether oxygens (including phenoxy) is 1. The monoisotopic (exact) mass is 440 g/mol. The van der Waals surface area contributed by atoms with Crippen molar-refractivity contribution in [2.75, 3.05) is 6.61 Å². The van der Waals surface area contributed by atoms with Crippen LogP contribution in [0.1, 0.15) is 53.1 Å². The summed E-state index contributed by atoms with van der Waals surface area (Å²) >= 11 is 0. The predicted molar refractivity (Wildman–Crippen MR) is 125 cm³/mol. The van der Waals surface area contributed by atoms with Crippen LogP contribution in [0.5, 0.6) is 0 Å². The van der Waals surface area contributed by atoms with Gasteiger partial charge in [-0.1, -0.05) is 66.7 Å². The summed E-state index contributed by atoms with van der Waals surface area (Å²) in [7, 11) is 0. The van der Waals surface area contributed by atoms with E-state index in [2.05, 4.69) is 34.6 Å². The fourth-order valence-corrected chi connectivity index (χ4v) is 4.54. The average Bonchev–Trinajstić information content (AvgIpc) is 3.77. The molecule has 0 saturated heterocycles. The van der Waals surface area contributed by atoms with Crippen LogP contribution in [0.2, 0.25) is 0 Å². The molecular weight excluding hydrogens is 412 g/mol. The minimum Gasteiger partial charge on any atom is -0.463 e. The molecule has 5 heteroatoms. The Morgan fingerprint density at radius 3 is 2.12 bits per heavy atom. The molecule has 1 N–H and O–H groups in total. The van der Waals surface area contributed by atoms with Gasteiger partial charge in [0.1, 0.15) is 6.61 Å². The largest absolute Gasteiger partial charge is 0.463 e. The van der Waals surface area contributed by atoms with Crippen LogP contribution in [0.4, 0.5) is 0 Å². The van der Waals surface area contributed by atoms with Crippen molar-refractivity contribution in [2.24, 2.45) is 11.8 Å². The Hall–Kier alpha value is -3.47. The van der Waals surface area contributed by atoms with E-state index in [9.17, 15) is 9.59 Å². The Labute approximate surface area is 194 Å². The summed E-state index contributed by atoms with van der Waals surface area (Å²) in [6.45, 7) is 2.03. The third-order valence-electron chi connectivity index (χ3n) is 6.72. The van der Waals surface area contributed by atoms with E-state index in [1.54, 1.807) is 6.20 Å². The number of aromatic nitrogens is 1. The molecule has 3 aromatic rings. The van der Waals surface area contributed by atoms with Crippen molar-refractivity contribution in [3.8, 4) is 0 Å². The van der Waals surface area contributed by atoms with Gasteiger partial charge < -0.3 is 10.1 Å². The number of rotatable bonds is 8. The van der Waals surface area contributed by atoms with Gasteiger partial charge in [-0.2, -0.15) is 0 Å². The molecule has 5 unspecified atom stereocenters. The number of hydrogen-bond donors (Lipinski definition) is 1. The molecule has 5 rings (SSSR count). The highest BCUT2D eigenvalue weighted by molar-refractivity contribution is 5.83. The minimum atomic E-state index is -0.416. The minimum absolute atomic E-state index is 0.000869. The number of aryl methyl sites for hydroxylation is 1. The zero-order valence-electron chi connectivity index (χ0n) is 18.7. The SMILES string of the molecule is Cc1ccc(C(COC(=O)C2CC2c2ccccc2)NC(=O)C2CC2c2ccccc2)cn1. The standard InChI is InChI=1S/C28H28N2O3/c1-18-12-13-21(16-29-18)26(30-27(31)24-14-22(24)19-8-4-2-5-9-19)17-33-28(32)25-15-23(25)20-10-6-3-7-11-20/h2-13,16,22-26H,14-15,17H2,1H3,(H,30,31). The Balaban J connectivity index is 1.22. The molecule has 0 bridgehead atoms. The molecule has 1 aromatic heterocycles. The van der Waals surface area contributed by atoms with Crippen molar-refractivity contribution in [3.05, 3.63) is 101 Å². The van der Waals surface area contributed by atoms with E-state index in [1.165, 1.54) is 11.1 Å². The smallest absolute Gasteiger partial charge is 0.309 e. The lowest BCUT2D eigenvalue weighted by Gasteiger charge is -2.19. The van der Waals surface area contributed by atoms with Gasteiger partial charge in [-0.3, -0.25) is 14.6 Å². The molecule has 168 valence electrons. The first kappa shape index (κ1) is 21.4. The third kappa shape index (κ3) is 4.98. The number of pyridine rings is 1. The molecule has 1 amide bonds. The van der Waals surface area contributed by atoms with Crippen LogP contribution >= 0.6 is 0 Å². The molecule has 33 heavy (non-hydrogen) atoms. The molecular formula is C28H28N2O3. The van der Waals surface area contributed by atoms with Crippen molar-refractivity contribution < 1.29 is 14.3 Å². The van der Waals surface area contributed by atoms with Crippen molar-refractivity contribution >= 4 is 11.9 Å². The van der Waals surface area contributed by atoms with Crippen LogP contribution in [0.3, 0.4) is 0 Å². The Kier molecular flexibility index (Phi) is 5.95. The Morgan fingerprint density at radius 2 is 1.52 bits per heavy atom. The molecule has 2 saturated carbocycles. The number of amides is 1. The lowest BCUT2D eigenvalue weighted by atomic mass is 10.1. The van der Waals surface area contributed by atoms with Gasteiger partial charge in [0.05, 0.1) is 12.0 Å². The first-order chi connectivity index (χ1) is 16.1. The summed E-state index contributed by atoms with van der Waals surface area (Å²) in [6, 6.07) is 23.6. The second-order valence-electron chi connectivity index (χ2n) is 9.14. The van der Waals surface area contributed by atoms with Gasteiger partial charge in [0.25, 0.3) is 0 Å². The summed E-state index contributed by atoms with van der Waals surface area (Å²) in [5.74, 6) is 0.131. The van der Waals surface area contributed by atoms with Crippen LogP contribution in [-0.4, -0.2) is 23.5 Å². The van der Waals surface area contributed by atoms with Gasteiger partial charge in [0.2, 0.25) is 5.91 Å². The van der Waals surface area contributed by atoms with Crippen LogP contribution in [0, 0.1) is 18.8 Å². The molecule has 5 atom stereocenters. The van der Waals surface area contributed by atoms with Gasteiger partial charge in [-0.25, -0.2) is 0 Å². The first-order valence-corrected chi connectivity index (χ1v) is 11.6. The second-order valence-corrected chi connectivity index (χ2v) is 9.14. The van der Waals surface area contributed by atoms with Gasteiger partial charge in [0, 0.05) is 17.8 Å². The summed E-state index contributed by atoms with van der Waals surface area (Å²) in [5, 5.41) is 3.12. The number of nitrogens with one attached hydrogen (secondary N) is 1. The highest BCUT2D eigenvalue weighted by Crippen LogP contribution is 2.49. The number of carbonyl (C=O) groups is 2. The number of hydrogen-bond acceptors (Lipinski definition) is 4. The fourth-order valence-electron chi connectivity index (χ4n) is 4.54. The summed E-state index contributed by atoms with van der Waals surface area (Å²) in [6.07, 6.45) is 3.40. The maximum atomic E-state index is 13.0. The van der Waals surface area contributed by atoms with E-state index in [1.807, 2.05) is 55.5 Å². The number of esters is 1. The highest BCUT2D eigenvalue weighted by Gasteiger charge is 2.46.